The minimum absolute atomic E-state index is 0. The van der Waals surface area contributed by atoms with Crippen LogP contribution in [-0.4, -0.2) is 37.1 Å². The number of hydrogen-bond acceptors (Lipinski definition) is 2. The van der Waals surface area contributed by atoms with Crippen molar-refractivity contribution < 1.29 is 4.74 Å². The molecular formula is C16H26IN3O. The highest BCUT2D eigenvalue weighted by molar-refractivity contribution is 14.0. The van der Waals surface area contributed by atoms with Gasteiger partial charge in [-0.05, 0) is 44.2 Å². The summed E-state index contributed by atoms with van der Waals surface area (Å²) < 4.78 is 5.62. The van der Waals surface area contributed by atoms with Crippen LogP contribution in [0.5, 0.6) is 5.75 Å². The van der Waals surface area contributed by atoms with Crippen LogP contribution in [0.2, 0.25) is 0 Å². The molecule has 0 atom stereocenters. The van der Waals surface area contributed by atoms with E-state index in [-0.39, 0.29) is 24.0 Å². The normalized spacial score (nSPS) is 15.5. The zero-order valence-corrected chi connectivity index (χ0v) is 15.1. The standard InChI is InChI=1S/C16H25N3O.HI/c1-2-20-15-9-5-4-8-14(15)10-11-18-16(17)19-12-6-3-7-13-19;/h4-5,8-9H,2-3,6-7,10-13H2,1H3,(H2,17,18);1H. The quantitative estimate of drug-likeness (QED) is 0.467. The van der Waals surface area contributed by atoms with Crippen molar-refractivity contribution in [2.45, 2.75) is 32.6 Å². The van der Waals surface area contributed by atoms with Gasteiger partial charge in [-0.3, -0.25) is 4.99 Å². The second-order valence-corrected chi connectivity index (χ2v) is 5.08. The summed E-state index contributed by atoms with van der Waals surface area (Å²) in [6, 6.07) is 8.14. The monoisotopic (exact) mass is 403 g/mol. The molecule has 118 valence electrons. The highest BCUT2D eigenvalue weighted by Gasteiger charge is 2.11. The summed E-state index contributed by atoms with van der Waals surface area (Å²) >= 11 is 0. The molecule has 0 unspecified atom stereocenters. The van der Waals surface area contributed by atoms with Crippen LogP contribution in [0.15, 0.2) is 29.3 Å². The van der Waals surface area contributed by atoms with Gasteiger partial charge in [0.25, 0.3) is 0 Å². The number of aliphatic imine (C=N–C) groups is 1. The van der Waals surface area contributed by atoms with Crippen molar-refractivity contribution in [3.05, 3.63) is 29.8 Å². The number of likely N-dealkylation sites (tertiary alicyclic amines) is 1. The van der Waals surface area contributed by atoms with E-state index in [0.29, 0.717) is 19.1 Å². The zero-order valence-electron chi connectivity index (χ0n) is 12.8. The van der Waals surface area contributed by atoms with Gasteiger partial charge in [0, 0.05) is 19.6 Å². The molecule has 1 heterocycles. The predicted octanol–water partition coefficient (Wildman–Crippen LogP) is 3.05. The van der Waals surface area contributed by atoms with Crippen LogP contribution in [0.1, 0.15) is 31.7 Å². The average Bonchev–Trinajstić information content (AvgIpc) is 2.50. The molecule has 0 saturated carbocycles. The number of guanidine groups is 1. The van der Waals surface area contributed by atoms with E-state index in [1.54, 1.807) is 0 Å². The van der Waals surface area contributed by atoms with Gasteiger partial charge in [0.2, 0.25) is 0 Å². The molecule has 0 bridgehead atoms. The van der Waals surface area contributed by atoms with Gasteiger partial charge in [0.05, 0.1) is 6.61 Å². The first-order chi connectivity index (χ1) is 9.81. The van der Waals surface area contributed by atoms with Crippen molar-refractivity contribution in [3.63, 3.8) is 0 Å². The fourth-order valence-electron chi connectivity index (χ4n) is 2.52. The number of nitrogens with zero attached hydrogens (tertiary/aromatic N) is 2. The lowest BCUT2D eigenvalue weighted by Crippen LogP contribution is -2.41. The second kappa shape index (κ2) is 9.87. The Morgan fingerprint density at radius 2 is 1.95 bits per heavy atom. The largest absolute Gasteiger partial charge is 0.494 e. The molecule has 4 nitrogen and oxygen atoms in total. The van der Waals surface area contributed by atoms with Crippen LogP contribution in [0.25, 0.3) is 0 Å². The van der Waals surface area contributed by atoms with Crippen LogP contribution >= 0.6 is 24.0 Å². The molecule has 1 aliphatic rings. The minimum atomic E-state index is 0. The van der Waals surface area contributed by atoms with Crippen molar-refractivity contribution in [2.75, 3.05) is 26.2 Å². The van der Waals surface area contributed by atoms with E-state index in [0.717, 1.165) is 25.3 Å². The molecular weight excluding hydrogens is 377 g/mol. The summed E-state index contributed by atoms with van der Waals surface area (Å²) in [6.07, 6.45) is 4.63. The van der Waals surface area contributed by atoms with E-state index in [1.165, 1.54) is 24.8 Å². The molecule has 0 amide bonds. The summed E-state index contributed by atoms with van der Waals surface area (Å²) in [5.41, 5.74) is 7.25. The highest BCUT2D eigenvalue weighted by atomic mass is 127. The van der Waals surface area contributed by atoms with Gasteiger partial charge in [-0.25, -0.2) is 0 Å². The number of ether oxygens (including phenoxy) is 1. The van der Waals surface area contributed by atoms with Crippen LogP contribution in [-0.2, 0) is 6.42 Å². The Balaban J connectivity index is 0.00000220. The number of rotatable bonds is 5. The SMILES string of the molecule is CCOc1ccccc1CCN=C(N)N1CCCCC1.I. The molecule has 21 heavy (non-hydrogen) atoms. The van der Waals surface area contributed by atoms with E-state index in [2.05, 4.69) is 16.0 Å². The Labute approximate surface area is 144 Å². The zero-order chi connectivity index (χ0) is 14.2. The summed E-state index contributed by atoms with van der Waals surface area (Å²) in [5.74, 6) is 1.65. The van der Waals surface area contributed by atoms with Crippen molar-refractivity contribution in [1.29, 1.82) is 0 Å². The second-order valence-electron chi connectivity index (χ2n) is 5.08. The average molecular weight is 403 g/mol. The number of piperidine rings is 1. The molecule has 0 aromatic heterocycles. The summed E-state index contributed by atoms with van der Waals surface area (Å²) in [4.78, 5) is 6.70. The third-order valence-electron chi connectivity index (χ3n) is 3.61. The number of para-hydroxylation sites is 1. The van der Waals surface area contributed by atoms with E-state index < -0.39 is 0 Å². The van der Waals surface area contributed by atoms with Crippen molar-refractivity contribution in [1.82, 2.24) is 4.90 Å². The Hall–Kier alpha value is -0.980. The third-order valence-corrected chi connectivity index (χ3v) is 3.61. The van der Waals surface area contributed by atoms with Gasteiger partial charge in [-0.15, -0.1) is 24.0 Å². The molecule has 5 heteroatoms. The van der Waals surface area contributed by atoms with Crippen molar-refractivity contribution >= 4 is 29.9 Å². The smallest absolute Gasteiger partial charge is 0.191 e. The van der Waals surface area contributed by atoms with Crippen LogP contribution < -0.4 is 10.5 Å². The van der Waals surface area contributed by atoms with Gasteiger partial charge in [0.15, 0.2) is 5.96 Å². The molecule has 0 aliphatic carbocycles. The molecule has 1 aliphatic heterocycles. The lowest BCUT2D eigenvalue weighted by atomic mass is 10.1. The van der Waals surface area contributed by atoms with E-state index in [1.807, 2.05) is 25.1 Å². The van der Waals surface area contributed by atoms with E-state index in [4.69, 9.17) is 10.5 Å². The highest BCUT2D eigenvalue weighted by Crippen LogP contribution is 2.18. The lowest BCUT2D eigenvalue weighted by molar-refractivity contribution is 0.335. The first-order valence-corrected chi connectivity index (χ1v) is 7.57. The fourth-order valence-corrected chi connectivity index (χ4v) is 2.52. The Kier molecular flexibility index (Phi) is 8.49. The maximum atomic E-state index is 6.05. The van der Waals surface area contributed by atoms with E-state index in [9.17, 15) is 0 Å². The molecule has 0 spiro atoms. The maximum absolute atomic E-state index is 6.05. The molecule has 2 rings (SSSR count). The molecule has 0 radical (unpaired) electrons. The third kappa shape index (κ3) is 5.73. The first-order valence-electron chi connectivity index (χ1n) is 7.57. The van der Waals surface area contributed by atoms with Crippen LogP contribution in [0.4, 0.5) is 0 Å². The molecule has 1 aromatic carbocycles. The molecule has 1 saturated heterocycles. The molecule has 1 aromatic rings. The van der Waals surface area contributed by atoms with Crippen molar-refractivity contribution in [2.24, 2.45) is 10.7 Å². The molecule has 2 N–H and O–H groups in total. The number of nitrogens with two attached hydrogens (primary N) is 1. The predicted molar refractivity (Wildman–Crippen MR) is 98.6 cm³/mol. The fraction of sp³-hybridized carbons (Fsp3) is 0.562. The van der Waals surface area contributed by atoms with Crippen LogP contribution in [0, 0.1) is 0 Å². The Bertz CT molecular complexity index is 445. The van der Waals surface area contributed by atoms with Gasteiger partial charge in [-0.1, -0.05) is 18.2 Å². The van der Waals surface area contributed by atoms with Gasteiger partial charge in [-0.2, -0.15) is 0 Å². The Morgan fingerprint density at radius 1 is 1.24 bits per heavy atom. The number of hydrogen-bond donors (Lipinski definition) is 1. The maximum Gasteiger partial charge on any atom is 0.191 e. The number of benzene rings is 1. The van der Waals surface area contributed by atoms with Gasteiger partial charge < -0.3 is 15.4 Å². The van der Waals surface area contributed by atoms with Gasteiger partial charge in [0.1, 0.15) is 5.75 Å². The number of halogens is 1. The van der Waals surface area contributed by atoms with Crippen molar-refractivity contribution in [3.8, 4) is 5.75 Å². The van der Waals surface area contributed by atoms with E-state index >= 15 is 0 Å². The minimum Gasteiger partial charge on any atom is -0.494 e. The van der Waals surface area contributed by atoms with Crippen LogP contribution in [0.3, 0.4) is 0 Å². The summed E-state index contributed by atoms with van der Waals surface area (Å²) in [6.45, 7) is 5.50. The van der Waals surface area contributed by atoms with Gasteiger partial charge >= 0.3 is 0 Å². The Morgan fingerprint density at radius 3 is 2.67 bits per heavy atom. The first kappa shape index (κ1) is 18.1. The summed E-state index contributed by atoms with van der Waals surface area (Å²) in [7, 11) is 0. The molecule has 1 fully saturated rings. The topological polar surface area (TPSA) is 50.9 Å². The lowest BCUT2D eigenvalue weighted by Gasteiger charge is -2.27. The summed E-state index contributed by atoms with van der Waals surface area (Å²) in [5, 5.41) is 0.